The average molecular weight is 337 g/mol. The van der Waals surface area contributed by atoms with E-state index in [9.17, 15) is 18.4 Å². The Hall–Kier alpha value is -2.41. The van der Waals surface area contributed by atoms with E-state index in [0.717, 1.165) is 0 Å². The van der Waals surface area contributed by atoms with Gasteiger partial charge in [0.1, 0.15) is 12.0 Å². The van der Waals surface area contributed by atoms with E-state index in [1.807, 2.05) is 0 Å². The van der Waals surface area contributed by atoms with Crippen molar-refractivity contribution in [3.8, 4) is 5.75 Å². The molecule has 4 nitrogen and oxygen atoms in total. The lowest BCUT2D eigenvalue weighted by Crippen LogP contribution is -2.20. The van der Waals surface area contributed by atoms with Crippen molar-refractivity contribution in [3.63, 3.8) is 0 Å². The van der Waals surface area contributed by atoms with Gasteiger partial charge in [-0.1, -0.05) is 11.8 Å². The number of hydrogen-bond donors (Lipinski definition) is 1. The van der Waals surface area contributed by atoms with E-state index < -0.39 is 5.76 Å². The van der Waals surface area contributed by atoms with Crippen molar-refractivity contribution in [1.29, 1.82) is 0 Å². The van der Waals surface area contributed by atoms with Crippen LogP contribution in [-0.2, 0) is 4.79 Å². The largest absolute Gasteiger partial charge is 0.484 e. The highest BCUT2D eigenvalue weighted by molar-refractivity contribution is 7.99. The Kier molecular flexibility index (Phi) is 6.10. The molecule has 0 saturated carbocycles. The number of benzene rings is 2. The fourth-order valence-corrected chi connectivity index (χ4v) is 2.21. The maximum Gasteiger partial charge on any atom is 0.288 e. The molecule has 0 heterocycles. The van der Waals surface area contributed by atoms with Gasteiger partial charge in [-0.2, -0.15) is 8.78 Å². The summed E-state index contributed by atoms with van der Waals surface area (Å²) < 4.78 is 29.7. The molecule has 2 aromatic rings. The molecule has 0 atom stereocenters. The van der Waals surface area contributed by atoms with Crippen LogP contribution in [0.5, 0.6) is 5.75 Å². The Balaban J connectivity index is 1.82. The van der Waals surface area contributed by atoms with Crippen LogP contribution in [0.4, 0.5) is 14.5 Å². The number of ether oxygens (including phenoxy) is 1. The molecular formula is C16H13F2NO3S. The molecule has 0 radical (unpaired) electrons. The fourth-order valence-electron chi connectivity index (χ4n) is 1.71. The number of halogens is 2. The first-order chi connectivity index (χ1) is 11.1. The van der Waals surface area contributed by atoms with E-state index in [2.05, 4.69) is 5.32 Å². The van der Waals surface area contributed by atoms with Crippen LogP contribution < -0.4 is 10.1 Å². The number of thioether (sulfide) groups is 1. The van der Waals surface area contributed by atoms with Crippen molar-refractivity contribution in [3.05, 3.63) is 54.1 Å². The zero-order valence-corrected chi connectivity index (χ0v) is 12.7. The number of anilines is 1. The van der Waals surface area contributed by atoms with Gasteiger partial charge in [0.05, 0.1) is 0 Å². The molecule has 23 heavy (non-hydrogen) atoms. The van der Waals surface area contributed by atoms with E-state index >= 15 is 0 Å². The van der Waals surface area contributed by atoms with E-state index in [1.54, 1.807) is 36.4 Å². The van der Waals surface area contributed by atoms with Gasteiger partial charge in [-0.3, -0.25) is 9.59 Å². The maximum atomic E-state index is 12.2. The molecule has 2 rings (SSSR count). The first-order valence-corrected chi connectivity index (χ1v) is 7.47. The Morgan fingerprint density at radius 3 is 2.35 bits per heavy atom. The number of alkyl halides is 2. The monoisotopic (exact) mass is 337 g/mol. The summed E-state index contributed by atoms with van der Waals surface area (Å²) in [4.78, 5) is 22.7. The first-order valence-electron chi connectivity index (χ1n) is 6.59. The van der Waals surface area contributed by atoms with Crippen LogP contribution in [0.3, 0.4) is 0 Å². The van der Waals surface area contributed by atoms with Crippen molar-refractivity contribution in [2.24, 2.45) is 0 Å². The third-order valence-electron chi connectivity index (χ3n) is 2.75. The lowest BCUT2D eigenvalue weighted by atomic mass is 10.2. The lowest BCUT2D eigenvalue weighted by molar-refractivity contribution is -0.118. The quantitative estimate of drug-likeness (QED) is 0.616. The van der Waals surface area contributed by atoms with Crippen molar-refractivity contribution in [1.82, 2.24) is 0 Å². The van der Waals surface area contributed by atoms with Gasteiger partial charge in [0, 0.05) is 16.1 Å². The fraction of sp³-hybridized carbons (Fsp3) is 0.125. The van der Waals surface area contributed by atoms with Crippen LogP contribution in [0, 0.1) is 0 Å². The third kappa shape index (κ3) is 5.71. The Morgan fingerprint density at radius 1 is 1.13 bits per heavy atom. The molecule has 0 aliphatic heterocycles. The van der Waals surface area contributed by atoms with Crippen LogP contribution in [0.1, 0.15) is 10.4 Å². The number of nitrogens with one attached hydrogen (secondary N) is 1. The standard InChI is InChI=1S/C16H13F2NO3S/c17-16(18)23-14-7-3-12(4-8-14)19-15(21)10-22-13-5-1-11(9-20)2-6-13/h1-9,16H,10H2,(H,19,21). The molecule has 0 fully saturated rings. The molecule has 0 unspecified atom stereocenters. The number of amides is 1. The highest BCUT2D eigenvalue weighted by Gasteiger charge is 2.07. The predicted octanol–water partition coefficient (Wildman–Crippen LogP) is 3.83. The Labute approximate surface area is 135 Å². The Morgan fingerprint density at radius 2 is 1.78 bits per heavy atom. The van der Waals surface area contributed by atoms with Crippen LogP contribution in [0.25, 0.3) is 0 Å². The molecule has 2 aromatic carbocycles. The normalized spacial score (nSPS) is 10.4. The van der Waals surface area contributed by atoms with Gasteiger partial charge >= 0.3 is 0 Å². The summed E-state index contributed by atoms with van der Waals surface area (Å²) in [5.41, 5.74) is 1.01. The van der Waals surface area contributed by atoms with Gasteiger partial charge in [0.25, 0.3) is 11.7 Å². The lowest BCUT2D eigenvalue weighted by Gasteiger charge is -2.08. The van der Waals surface area contributed by atoms with E-state index in [0.29, 0.717) is 39.9 Å². The molecule has 0 bridgehead atoms. The number of carbonyl (C=O) groups is 2. The number of rotatable bonds is 7. The van der Waals surface area contributed by atoms with Gasteiger partial charge in [-0.05, 0) is 48.5 Å². The summed E-state index contributed by atoms with van der Waals surface area (Å²) in [6.07, 6.45) is 0.715. The van der Waals surface area contributed by atoms with Gasteiger partial charge in [-0.15, -0.1) is 0 Å². The number of aldehydes is 1. The van der Waals surface area contributed by atoms with E-state index in [4.69, 9.17) is 4.74 Å². The summed E-state index contributed by atoms with van der Waals surface area (Å²) in [7, 11) is 0. The second-order valence-electron chi connectivity index (χ2n) is 4.43. The van der Waals surface area contributed by atoms with Crippen LogP contribution in [-0.4, -0.2) is 24.6 Å². The predicted molar refractivity (Wildman–Crippen MR) is 84.3 cm³/mol. The molecule has 0 spiro atoms. The zero-order chi connectivity index (χ0) is 16.7. The molecular weight excluding hydrogens is 324 g/mol. The highest BCUT2D eigenvalue weighted by atomic mass is 32.2. The average Bonchev–Trinajstić information content (AvgIpc) is 2.55. The molecule has 0 saturated heterocycles. The molecule has 0 aliphatic rings. The van der Waals surface area contributed by atoms with Crippen molar-refractivity contribution in [2.75, 3.05) is 11.9 Å². The van der Waals surface area contributed by atoms with Gasteiger partial charge in [-0.25, -0.2) is 0 Å². The van der Waals surface area contributed by atoms with E-state index in [-0.39, 0.29) is 12.5 Å². The second kappa shape index (κ2) is 8.28. The van der Waals surface area contributed by atoms with Crippen LogP contribution in [0.2, 0.25) is 0 Å². The summed E-state index contributed by atoms with van der Waals surface area (Å²) in [5, 5.41) is 2.60. The summed E-state index contributed by atoms with van der Waals surface area (Å²) in [6.45, 7) is -0.200. The van der Waals surface area contributed by atoms with E-state index in [1.165, 1.54) is 12.1 Å². The Bertz CT molecular complexity index is 660. The molecule has 0 aliphatic carbocycles. The molecule has 1 N–H and O–H groups in total. The molecule has 120 valence electrons. The topological polar surface area (TPSA) is 55.4 Å². The van der Waals surface area contributed by atoms with Crippen LogP contribution >= 0.6 is 11.8 Å². The highest BCUT2D eigenvalue weighted by Crippen LogP contribution is 2.26. The minimum absolute atomic E-state index is 0.200. The SMILES string of the molecule is O=Cc1ccc(OCC(=O)Nc2ccc(SC(F)F)cc2)cc1. The molecule has 7 heteroatoms. The summed E-state index contributed by atoms with van der Waals surface area (Å²) in [6, 6.07) is 12.4. The molecule has 1 amide bonds. The van der Waals surface area contributed by atoms with Gasteiger partial charge in [0.2, 0.25) is 0 Å². The van der Waals surface area contributed by atoms with Crippen molar-refractivity contribution < 1.29 is 23.1 Å². The summed E-state index contributed by atoms with van der Waals surface area (Å²) >= 11 is 0.441. The van der Waals surface area contributed by atoms with Gasteiger partial charge < -0.3 is 10.1 Å². The summed E-state index contributed by atoms with van der Waals surface area (Å²) in [5.74, 6) is -2.39. The number of hydrogen-bond acceptors (Lipinski definition) is 4. The smallest absolute Gasteiger partial charge is 0.288 e. The minimum Gasteiger partial charge on any atom is -0.484 e. The maximum absolute atomic E-state index is 12.2. The zero-order valence-electron chi connectivity index (χ0n) is 11.9. The second-order valence-corrected chi connectivity index (χ2v) is 5.49. The molecule has 0 aromatic heterocycles. The number of carbonyl (C=O) groups excluding carboxylic acids is 2. The van der Waals surface area contributed by atoms with Crippen molar-refractivity contribution in [2.45, 2.75) is 10.7 Å². The first kappa shape index (κ1) is 17.0. The van der Waals surface area contributed by atoms with Crippen LogP contribution in [0.15, 0.2) is 53.4 Å². The minimum atomic E-state index is -2.48. The van der Waals surface area contributed by atoms with Gasteiger partial charge in [0.15, 0.2) is 6.61 Å². The van der Waals surface area contributed by atoms with Crippen molar-refractivity contribution >= 4 is 29.6 Å². The third-order valence-corrected chi connectivity index (χ3v) is 3.47.